The van der Waals surface area contributed by atoms with Crippen LogP contribution in [-0.2, 0) is 13.0 Å². The molecule has 5 nitrogen and oxygen atoms in total. The monoisotopic (exact) mass is 520 g/mol. The number of methoxy groups -OCH3 is 1. The first-order valence-electron chi connectivity index (χ1n) is 10.3. The number of hydrogen-bond donors (Lipinski definition) is 1. The van der Waals surface area contributed by atoms with Crippen LogP contribution in [0.3, 0.4) is 0 Å². The molecule has 1 N–H and O–H groups in total. The number of halogens is 2. The van der Waals surface area contributed by atoms with Gasteiger partial charge in [0.15, 0.2) is 0 Å². The van der Waals surface area contributed by atoms with E-state index in [4.69, 9.17) is 4.74 Å². The Labute approximate surface area is 190 Å². The molecule has 3 aromatic rings. The van der Waals surface area contributed by atoms with E-state index in [1.54, 1.807) is 13.2 Å². The number of pyridine rings is 2. The quantitative estimate of drug-likeness (QED) is 0.474. The van der Waals surface area contributed by atoms with Gasteiger partial charge in [-0.1, -0.05) is 6.07 Å². The Morgan fingerprint density at radius 3 is 2.80 bits per heavy atom. The number of aromatic nitrogens is 2. The Bertz CT molecular complexity index is 1010. The summed E-state index contributed by atoms with van der Waals surface area (Å²) in [5.74, 6) is 0.483. The molecule has 2 aromatic heterocycles. The van der Waals surface area contributed by atoms with E-state index in [1.807, 2.05) is 53.1 Å². The van der Waals surface area contributed by atoms with Crippen molar-refractivity contribution in [3.63, 3.8) is 0 Å². The van der Waals surface area contributed by atoms with Crippen LogP contribution in [0, 0.1) is 9.39 Å². The van der Waals surface area contributed by atoms with Crippen molar-refractivity contribution in [2.75, 3.05) is 26.7 Å². The van der Waals surface area contributed by atoms with Gasteiger partial charge in [0.1, 0.15) is 5.82 Å². The van der Waals surface area contributed by atoms with E-state index in [9.17, 15) is 4.39 Å². The molecule has 1 aromatic carbocycles. The topological polar surface area (TPSA) is 50.3 Å². The van der Waals surface area contributed by atoms with E-state index in [0.717, 1.165) is 62.0 Å². The number of nitrogens with one attached hydrogen (secondary N) is 1. The maximum atomic E-state index is 13.7. The summed E-state index contributed by atoms with van der Waals surface area (Å²) in [6, 6.07) is 11.8. The van der Waals surface area contributed by atoms with Crippen molar-refractivity contribution in [1.82, 2.24) is 20.2 Å². The summed E-state index contributed by atoms with van der Waals surface area (Å²) in [4.78, 5) is 11.5. The maximum Gasteiger partial charge on any atom is 0.213 e. The Morgan fingerprint density at radius 2 is 2.03 bits per heavy atom. The second kappa shape index (κ2) is 9.98. The van der Waals surface area contributed by atoms with Crippen LogP contribution in [0.5, 0.6) is 5.88 Å². The average Bonchev–Trinajstić information content (AvgIpc) is 2.78. The molecule has 1 fully saturated rings. The van der Waals surface area contributed by atoms with Gasteiger partial charge >= 0.3 is 0 Å². The van der Waals surface area contributed by atoms with Crippen LogP contribution < -0.4 is 10.1 Å². The Kier molecular flexibility index (Phi) is 7.12. The smallest absolute Gasteiger partial charge is 0.213 e. The van der Waals surface area contributed by atoms with Gasteiger partial charge in [-0.2, -0.15) is 0 Å². The second-order valence-corrected chi connectivity index (χ2v) is 8.85. The van der Waals surface area contributed by atoms with E-state index in [-0.39, 0.29) is 5.82 Å². The molecule has 4 rings (SSSR count). The number of nitrogens with zero attached hydrogens (tertiary/aromatic N) is 3. The number of fused-ring (bicyclic) bond motifs is 1. The number of ether oxygens (including phenoxy) is 1. The first-order valence-corrected chi connectivity index (χ1v) is 11.4. The molecule has 0 bridgehead atoms. The summed E-state index contributed by atoms with van der Waals surface area (Å²) in [6.07, 6.45) is 5.01. The van der Waals surface area contributed by atoms with E-state index in [0.29, 0.717) is 15.5 Å². The summed E-state index contributed by atoms with van der Waals surface area (Å²) in [6.45, 7) is 3.86. The average molecular weight is 520 g/mol. The fraction of sp³-hybridized carbons (Fsp3) is 0.391. The van der Waals surface area contributed by atoms with Crippen molar-refractivity contribution in [3.8, 4) is 5.88 Å². The van der Waals surface area contributed by atoms with Gasteiger partial charge < -0.3 is 15.0 Å². The van der Waals surface area contributed by atoms with Gasteiger partial charge in [0.2, 0.25) is 5.88 Å². The summed E-state index contributed by atoms with van der Waals surface area (Å²) in [5.41, 5.74) is 4.05. The fourth-order valence-electron chi connectivity index (χ4n) is 3.93. The molecule has 0 saturated carbocycles. The van der Waals surface area contributed by atoms with Gasteiger partial charge in [0, 0.05) is 35.0 Å². The molecule has 0 amide bonds. The third-order valence-corrected chi connectivity index (χ3v) is 6.59. The zero-order valence-electron chi connectivity index (χ0n) is 17.1. The number of likely N-dealkylation sites (tertiary alicyclic amines) is 1. The highest BCUT2D eigenvalue weighted by Gasteiger charge is 2.19. The van der Waals surface area contributed by atoms with Crippen molar-refractivity contribution in [2.45, 2.75) is 31.8 Å². The zero-order valence-corrected chi connectivity index (χ0v) is 19.2. The van der Waals surface area contributed by atoms with E-state index < -0.39 is 0 Å². The Hall–Kier alpha value is -1.84. The van der Waals surface area contributed by atoms with Gasteiger partial charge in [0.25, 0.3) is 0 Å². The largest absolute Gasteiger partial charge is 0.481 e. The van der Waals surface area contributed by atoms with Crippen LogP contribution in [0.2, 0.25) is 0 Å². The van der Waals surface area contributed by atoms with Crippen molar-refractivity contribution < 1.29 is 9.13 Å². The summed E-state index contributed by atoms with van der Waals surface area (Å²) >= 11 is 2.02. The minimum Gasteiger partial charge on any atom is -0.481 e. The third-order valence-electron chi connectivity index (χ3n) is 5.71. The van der Waals surface area contributed by atoms with Crippen molar-refractivity contribution >= 4 is 33.6 Å². The lowest BCUT2D eigenvalue weighted by Gasteiger charge is -2.32. The highest BCUT2D eigenvalue weighted by molar-refractivity contribution is 14.1. The zero-order chi connectivity index (χ0) is 20.9. The molecule has 0 atom stereocenters. The van der Waals surface area contributed by atoms with E-state index in [2.05, 4.69) is 26.3 Å². The van der Waals surface area contributed by atoms with E-state index in [1.165, 1.54) is 5.56 Å². The minimum absolute atomic E-state index is 0.138. The van der Waals surface area contributed by atoms with Crippen LogP contribution in [0.25, 0.3) is 11.0 Å². The number of rotatable bonds is 7. The van der Waals surface area contributed by atoms with Gasteiger partial charge in [-0.25, -0.2) is 9.37 Å². The molecule has 1 aliphatic heterocycles. The van der Waals surface area contributed by atoms with Crippen LogP contribution >= 0.6 is 22.6 Å². The minimum atomic E-state index is -0.138. The third kappa shape index (κ3) is 5.25. The van der Waals surface area contributed by atoms with Crippen LogP contribution in [-0.4, -0.2) is 47.7 Å². The SMILES string of the molecule is COc1ccc2nccc(CCN3CCC(NCc4ccc(I)c(F)c4)CC3)c2n1. The lowest BCUT2D eigenvalue weighted by Crippen LogP contribution is -2.42. The molecule has 1 aliphatic rings. The van der Waals surface area contributed by atoms with Crippen molar-refractivity contribution in [2.24, 2.45) is 0 Å². The molecule has 158 valence electrons. The highest BCUT2D eigenvalue weighted by Crippen LogP contribution is 2.20. The molecule has 0 unspecified atom stereocenters. The van der Waals surface area contributed by atoms with Crippen LogP contribution in [0.1, 0.15) is 24.0 Å². The van der Waals surface area contributed by atoms with Crippen molar-refractivity contribution in [1.29, 1.82) is 0 Å². The molecule has 30 heavy (non-hydrogen) atoms. The molecule has 0 spiro atoms. The summed E-state index contributed by atoms with van der Waals surface area (Å²) in [7, 11) is 1.64. The molecular formula is C23H26FIN4O. The Balaban J connectivity index is 1.27. The predicted octanol–water partition coefficient (Wildman–Crippen LogP) is 4.18. The molecule has 3 heterocycles. The summed E-state index contributed by atoms with van der Waals surface area (Å²) in [5, 5.41) is 3.59. The normalized spacial score (nSPS) is 15.6. The lowest BCUT2D eigenvalue weighted by molar-refractivity contribution is 0.199. The van der Waals surface area contributed by atoms with Crippen molar-refractivity contribution in [3.05, 3.63) is 63.1 Å². The predicted molar refractivity (Wildman–Crippen MR) is 125 cm³/mol. The molecule has 0 aliphatic carbocycles. The molecule has 1 saturated heterocycles. The highest BCUT2D eigenvalue weighted by atomic mass is 127. The van der Waals surface area contributed by atoms with Crippen LogP contribution in [0.4, 0.5) is 4.39 Å². The number of benzene rings is 1. The lowest BCUT2D eigenvalue weighted by atomic mass is 10.0. The van der Waals surface area contributed by atoms with Gasteiger partial charge in [-0.15, -0.1) is 0 Å². The van der Waals surface area contributed by atoms with E-state index >= 15 is 0 Å². The number of piperidine rings is 1. The molecule has 7 heteroatoms. The van der Waals surface area contributed by atoms with Gasteiger partial charge in [0.05, 0.1) is 18.1 Å². The molecule has 0 radical (unpaired) electrons. The Morgan fingerprint density at radius 1 is 1.20 bits per heavy atom. The molecular weight excluding hydrogens is 494 g/mol. The standard InChI is InChI=1S/C23H26FIN4O/c1-30-22-5-4-21-23(28-22)17(6-10-26-21)7-11-29-12-8-18(9-13-29)27-15-16-2-3-20(25)19(24)14-16/h2-6,10,14,18,27H,7-9,11-13,15H2,1H3. The maximum absolute atomic E-state index is 13.7. The summed E-state index contributed by atoms with van der Waals surface area (Å²) < 4.78 is 19.6. The first kappa shape index (κ1) is 21.4. The van der Waals surface area contributed by atoms with Gasteiger partial charge in [-0.05, 0) is 90.3 Å². The second-order valence-electron chi connectivity index (χ2n) is 7.69. The number of hydrogen-bond acceptors (Lipinski definition) is 5. The van der Waals surface area contributed by atoms with Gasteiger partial charge in [-0.3, -0.25) is 4.98 Å². The van der Waals surface area contributed by atoms with Crippen LogP contribution in [0.15, 0.2) is 42.6 Å². The first-order chi connectivity index (χ1) is 14.6. The fourth-order valence-corrected chi connectivity index (χ4v) is 4.26.